The molecule has 3 nitrogen and oxygen atoms in total. The highest BCUT2D eigenvalue weighted by molar-refractivity contribution is 7.25. The van der Waals surface area contributed by atoms with Crippen LogP contribution in [0.1, 0.15) is 5.56 Å². The Kier molecular flexibility index (Phi) is 6.95. The van der Waals surface area contributed by atoms with Crippen LogP contribution in [0.5, 0.6) is 0 Å². The zero-order chi connectivity index (χ0) is 33.7. The quantitative estimate of drug-likeness (QED) is 0.171. The number of aliphatic imine (C=N–C) groups is 1. The minimum atomic E-state index is 0.875. The maximum absolute atomic E-state index is 6.35. The fourth-order valence-electron chi connectivity index (χ4n) is 7.23. The second-order valence-electron chi connectivity index (χ2n) is 12.7. The second kappa shape index (κ2) is 12.1. The lowest BCUT2D eigenvalue weighted by molar-refractivity contribution is 0.669. The van der Waals surface area contributed by atoms with Gasteiger partial charge < -0.3 is 4.42 Å². The summed E-state index contributed by atoms with van der Waals surface area (Å²) in [5.74, 6) is 0. The topological polar surface area (TPSA) is 38.4 Å². The molecule has 4 heterocycles. The van der Waals surface area contributed by atoms with E-state index < -0.39 is 0 Å². The Balaban J connectivity index is 1.07. The van der Waals surface area contributed by atoms with Crippen molar-refractivity contribution in [2.24, 2.45) is 4.99 Å². The van der Waals surface area contributed by atoms with E-state index in [1.54, 1.807) is 6.20 Å². The van der Waals surface area contributed by atoms with Gasteiger partial charge in [-0.05, 0) is 106 Å². The van der Waals surface area contributed by atoms with Crippen molar-refractivity contribution in [2.75, 3.05) is 0 Å². The van der Waals surface area contributed by atoms with Gasteiger partial charge in [0.15, 0.2) is 0 Å². The minimum Gasteiger partial charge on any atom is -0.456 e. The molecule has 1 aliphatic heterocycles. The van der Waals surface area contributed by atoms with Crippen molar-refractivity contribution in [3.8, 4) is 44.6 Å². The molecule has 0 aliphatic carbocycles. The zero-order valence-electron chi connectivity index (χ0n) is 27.4. The molecular formula is C47H28N2OS. The lowest BCUT2D eigenvalue weighted by Crippen LogP contribution is -1.99. The van der Waals surface area contributed by atoms with E-state index in [1.807, 2.05) is 47.9 Å². The van der Waals surface area contributed by atoms with Gasteiger partial charge in [0.2, 0.25) is 0 Å². The third kappa shape index (κ3) is 5.14. The lowest BCUT2D eigenvalue weighted by atomic mass is 9.94. The van der Waals surface area contributed by atoms with Crippen molar-refractivity contribution < 1.29 is 4.42 Å². The number of rotatable bonds is 5. The molecule has 0 radical (unpaired) electrons. The Bertz CT molecular complexity index is 2950. The summed E-state index contributed by atoms with van der Waals surface area (Å²) in [7, 11) is 0. The first-order valence-electron chi connectivity index (χ1n) is 17.0. The Hall–Kier alpha value is -6.58. The van der Waals surface area contributed by atoms with Crippen LogP contribution in [0.25, 0.3) is 86.7 Å². The van der Waals surface area contributed by atoms with E-state index in [0.717, 1.165) is 61.2 Å². The number of hydrogen-bond donors (Lipinski definition) is 0. The van der Waals surface area contributed by atoms with Crippen molar-refractivity contribution in [3.63, 3.8) is 0 Å². The van der Waals surface area contributed by atoms with Crippen LogP contribution in [-0.2, 0) is 0 Å². The van der Waals surface area contributed by atoms with Crippen LogP contribution in [0.3, 0.4) is 0 Å². The first-order chi connectivity index (χ1) is 25.3. The molecule has 0 fully saturated rings. The van der Waals surface area contributed by atoms with Crippen LogP contribution in [0.15, 0.2) is 185 Å². The van der Waals surface area contributed by atoms with Crippen LogP contribution >= 0.6 is 11.3 Å². The predicted octanol–water partition coefficient (Wildman–Crippen LogP) is 13.0. The summed E-state index contributed by atoms with van der Waals surface area (Å²) in [5, 5.41) is 4.73. The van der Waals surface area contributed by atoms with Crippen LogP contribution in [0, 0.1) is 0 Å². The van der Waals surface area contributed by atoms with Crippen LogP contribution < -0.4 is 0 Å². The number of allylic oxidation sites excluding steroid dienone is 3. The molecule has 10 rings (SSSR count). The van der Waals surface area contributed by atoms with Crippen LogP contribution in [-0.4, -0.2) is 10.7 Å². The number of aromatic nitrogens is 1. The molecule has 0 amide bonds. The molecule has 0 bridgehead atoms. The van der Waals surface area contributed by atoms with Gasteiger partial charge in [0.25, 0.3) is 0 Å². The first kappa shape index (κ1) is 29.3. The molecule has 4 heteroatoms. The van der Waals surface area contributed by atoms with Gasteiger partial charge in [0.1, 0.15) is 11.2 Å². The maximum atomic E-state index is 6.35. The lowest BCUT2D eigenvalue weighted by Gasteiger charge is -2.10. The monoisotopic (exact) mass is 668 g/mol. The number of pyridine rings is 1. The van der Waals surface area contributed by atoms with Crippen molar-refractivity contribution in [1.82, 2.24) is 4.98 Å². The van der Waals surface area contributed by atoms with E-state index in [4.69, 9.17) is 4.42 Å². The van der Waals surface area contributed by atoms with Crippen molar-refractivity contribution in [1.29, 1.82) is 0 Å². The first-order valence-corrected chi connectivity index (χ1v) is 17.8. The second-order valence-corrected chi connectivity index (χ2v) is 13.8. The van der Waals surface area contributed by atoms with Crippen LogP contribution in [0.2, 0.25) is 0 Å². The Morgan fingerprint density at radius 3 is 1.80 bits per heavy atom. The minimum absolute atomic E-state index is 0.875. The summed E-state index contributed by atoms with van der Waals surface area (Å²) >= 11 is 1.84. The van der Waals surface area contributed by atoms with E-state index in [2.05, 4.69) is 143 Å². The van der Waals surface area contributed by atoms with Gasteiger partial charge in [0, 0.05) is 48.3 Å². The van der Waals surface area contributed by atoms with E-state index in [-0.39, 0.29) is 0 Å². The molecule has 0 N–H and O–H groups in total. The average molecular weight is 669 g/mol. The summed E-state index contributed by atoms with van der Waals surface area (Å²) in [6.45, 7) is 0. The number of furan rings is 1. The fraction of sp³-hybridized carbons (Fsp3) is 0. The fourth-order valence-corrected chi connectivity index (χ4v) is 8.30. The number of fused-ring (bicyclic) bond motifs is 6. The third-order valence-corrected chi connectivity index (χ3v) is 10.8. The predicted molar refractivity (Wildman–Crippen MR) is 214 cm³/mol. The molecule has 51 heavy (non-hydrogen) atoms. The molecule has 0 spiro atoms. The third-order valence-electron chi connectivity index (χ3n) is 9.69. The maximum Gasteiger partial charge on any atom is 0.135 e. The number of thiophene rings is 1. The highest BCUT2D eigenvalue weighted by atomic mass is 32.1. The van der Waals surface area contributed by atoms with Gasteiger partial charge in [-0.3, -0.25) is 4.98 Å². The van der Waals surface area contributed by atoms with Crippen molar-refractivity contribution in [3.05, 3.63) is 181 Å². The smallest absolute Gasteiger partial charge is 0.135 e. The van der Waals surface area contributed by atoms with E-state index in [1.165, 1.54) is 36.9 Å². The molecule has 238 valence electrons. The van der Waals surface area contributed by atoms with Crippen molar-refractivity contribution in [2.45, 2.75) is 0 Å². The number of hydrogen-bond acceptors (Lipinski definition) is 4. The largest absolute Gasteiger partial charge is 0.456 e. The van der Waals surface area contributed by atoms with E-state index in [9.17, 15) is 0 Å². The summed E-state index contributed by atoms with van der Waals surface area (Å²) in [6, 6.07) is 49.7. The summed E-state index contributed by atoms with van der Waals surface area (Å²) < 4.78 is 8.91. The SMILES string of the molecule is C1=CC=CC(c2ccccc2-c2ccc3oc4ccc(-c5ccc6sc7ccc(-c8ccccc8-c8ccccn8)cc7c6c5)cc4c3c2)=NC=1. The highest BCUT2D eigenvalue weighted by Crippen LogP contribution is 2.41. The zero-order valence-corrected chi connectivity index (χ0v) is 28.2. The van der Waals surface area contributed by atoms with Gasteiger partial charge in [0.05, 0.1) is 17.6 Å². The summed E-state index contributed by atoms with van der Waals surface area (Å²) in [4.78, 5) is 9.29. The molecule has 9 aromatic rings. The van der Waals surface area contributed by atoms with Gasteiger partial charge in [-0.25, -0.2) is 4.99 Å². The standard InChI is InChI=1S/C47H28N2OS/c1-2-14-42(48-24-8-1)36-12-5-3-10-34(36)32-17-21-45-39(28-32)38-26-30(16-20-44(38)50-45)31-18-22-46-40(27-31)41-29-33(19-23-47(41)51-46)35-11-4-6-13-37(35)43-15-7-9-25-49-43/h1-7,9-29H. The molecule has 0 unspecified atom stereocenters. The number of benzene rings is 6. The molecule has 0 saturated heterocycles. The highest BCUT2D eigenvalue weighted by Gasteiger charge is 2.15. The molecule has 6 aromatic carbocycles. The molecule has 0 atom stereocenters. The van der Waals surface area contributed by atoms with Gasteiger partial charge in [-0.1, -0.05) is 84.9 Å². The van der Waals surface area contributed by atoms with Gasteiger partial charge in [-0.15, -0.1) is 17.1 Å². The summed E-state index contributed by atoms with van der Waals surface area (Å²) in [5.41, 5.74) is 15.9. The Morgan fingerprint density at radius 2 is 1.08 bits per heavy atom. The van der Waals surface area contributed by atoms with E-state index in [0.29, 0.717) is 0 Å². The number of nitrogens with zero attached hydrogens (tertiary/aromatic N) is 2. The average Bonchev–Trinajstić information content (AvgIpc) is 3.62. The Labute approximate surface area is 298 Å². The Morgan fingerprint density at radius 1 is 0.510 bits per heavy atom. The van der Waals surface area contributed by atoms with E-state index >= 15 is 0 Å². The van der Waals surface area contributed by atoms with Crippen molar-refractivity contribution >= 4 is 59.2 Å². The normalized spacial score (nSPS) is 12.7. The van der Waals surface area contributed by atoms with Gasteiger partial charge in [-0.2, -0.15) is 0 Å². The van der Waals surface area contributed by atoms with Crippen LogP contribution in [0.4, 0.5) is 0 Å². The van der Waals surface area contributed by atoms with Gasteiger partial charge >= 0.3 is 0 Å². The molecule has 0 saturated carbocycles. The summed E-state index contributed by atoms with van der Waals surface area (Å²) in [6.07, 6.45) is 9.46. The molecule has 3 aromatic heterocycles. The molecular weight excluding hydrogens is 641 g/mol. The molecule has 1 aliphatic rings.